The summed E-state index contributed by atoms with van der Waals surface area (Å²) >= 11 is 0. The van der Waals surface area contributed by atoms with Crippen molar-refractivity contribution in [3.8, 4) is 0 Å². The van der Waals surface area contributed by atoms with Crippen LogP contribution in [0.2, 0.25) is 0 Å². The van der Waals surface area contributed by atoms with Crippen LogP contribution >= 0.6 is 0 Å². The summed E-state index contributed by atoms with van der Waals surface area (Å²) in [7, 11) is 0. The number of hydrogen-bond acceptors (Lipinski definition) is 6. The normalized spacial score (nSPS) is 26.6. The Balaban J connectivity index is 1.20. The fourth-order valence-electron chi connectivity index (χ4n) is 8.22. The first-order chi connectivity index (χ1) is 19.4. The molecule has 0 N–H and O–H groups in total. The van der Waals surface area contributed by atoms with E-state index in [0.29, 0.717) is 42.3 Å². The molecule has 3 saturated heterocycles. The number of amides is 2. The zero-order valence-corrected chi connectivity index (χ0v) is 24.4. The Bertz CT molecular complexity index is 1210. The number of benzene rings is 1. The lowest BCUT2D eigenvalue weighted by atomic mass is 9.68. The molecule has 4 aliphatic heterocycles. The quantitative estimate of drug-likeness (QED) is 0.497. The minimum absolute atomic E-state index is 0.0266. The number of carbonyl (C=O) groups excluding carboxylic acids is 2. The largest absolute Gasteiger partial charge is 0.450 e. The Morgan fingerprint density at radius 3 is 2.48 bits per heavy atom. The number of nitrogens with zero attached hydrogens (tertiary/aromatic N) is 4. The van der Waals surface area contributed by atoms with Gasteiger partial charge in [-0.05, 0) is 89.9 Å². The maximum absolute atomic E-state index is 13.7. The van der Waals surface area contributed by atoms with Gasteiger partial charge in [0.05, 0.1) is 12.3 Å². The van der Waals surface area contributed by atoms with Crippen LogP contribution in [0, 0.1) is 13.8 Å². The molecule has 0 radical (unpaired) electrons. The third-order valence-electron chi connectivity index (χ3n) is 10.2. The summed E-state index contributed by atoms with van der Waals surface area (Å²) in [6, 6.07) is 9.79. The van der Waals surface area contributed by atoms with Crippen molar-refractivity contribution in [3.05, 3.63) is 52.4 Å². The molecule has 3 atom stereocenters. The van der Waals surface area contributed by atoms with E-state index in [4.69, 9.17) is 9.26 Å². The lowest BCUT2D eigenvalue weighted by Gasteiger charge is -2.50. The highest BCUT2D eigenvalue weighted by atomic mass is 16.6. The zero-order valence-electron chi connectivity index (χ0n) is 24.4. The molecular formula is C32H44N4O4. The maximum Gasteiger partial charge on any atom is 0.410 e. The van der Waals surface area contributed by atoms with Crippen LogP contribution in [0.15, 0.2) is 28.8 Å². The molecule has 1 aromatic heterocycles. The SMILES string of the molecule is CCOC(=O)N1C2CCCCC1CC(N1CCC3(CC1)CN(C(=O)c1c(C)noc1C)Cc1ccccc13)CC2. The van der Waals surface area contributed by atoms with Crippen molar-refractivity contribution in [2.45, 2.75) is 109 Å². The molecule has 5 heterocycles. The fraction of sp³-hybridized carbons (Fsp3) is 0.656. The van der Waals surface area contributed by atoms with E-state index >= 15 is 0 Å². The van der Waals surface area contributed by atoms with Crippen molar-refractivity contribution in [2.75, 3.05) is 26.2 Å². The zero-order chi connectivity index (χ0) is 27.9. The number of aromatic nitrogens is 1. The third kappa shape index (κ3) is 4.93. The van der Waals surface area contributed by atoms with Gasteiger partial charge in [0.25, 0.3) is 5.91 Å². The molecule has 6 rings (SSSR count). The van der Waals surface area contributed by atoms with E-state index < -0.39 is 0 Å². The van der Waals surface area contributed by atoms with Gasteiger partial charge in [0.15, 0.2) is 0 Å². The second kappa shape index (κ2) is 11.2. The lowest BCUT2D eigenvalue weighted by molar-refractivity contribution is 0.0469. The molecule has 0 aliphatic carbocycles. The second-order valence-corrected chi connectivity index (χ2v) is 12.5. The number of hydrogen-bond donors (Lipinski definition) is 0. The number of ether oxygens (including phenoxy) is 1. The molecule has 0 saturated carbocycles. The van der Waals surface area contributed by atoms with Crippen LogP contribution in [0.4, 0.5) is 4.79 Å². The molecule has 2 amide bonds. The van der Waals surface area contributed by atoms with E-state index in [1.807, 2.05) is 25.7 Å². The Kier molecular flexibility index (Phi) is 7.64. The molecule has 8 nitrogen and oxygen atoms in total. The highest BCUT2D eigenvalue weighted by molar-refractivity contribution is 5.96. The summed E-state index contributed by atoms with van der Waals surface area (Å²) < 4.78 is 10.9. The Labute approximate surface area is 238 Å². The van der Waals surface area contributed by atoms with Gasteiger partial charge in [-0.2, -0.15) is 0 Å². The fourth-order valence-corrected chi connectivity index (χ4v) is 8.22. The number of carbonyl (C=O) groups is 2. The van der Waals surface area contributed by atoms with E-state index in [9.17, 15) is 9.59 Å². The average molecular weight is 549 g/mol. The van der Waals surface area contributed by atoms with Gasteiger partial charge < -0.3 is 24.0 Å². The number of aryl methyl sites for hydroxylation is 2. The van der Waals surface area contributed by atoms with E-state index in [2.05, 4.69) is 39.2 Å². The number of likely N-dealkylation sites (tertiary alicyclic amines) is 1. The van der Waals surface area contributed by atoms with Crippen molar-refractivity contribution in [3.63, 3.8) is 0 Å². The van der Waals surface area contributed by atoms with Gasteiger partial charge in [0.1, 0.15) is 11.3 Å². The predicted molar refractivity (Wildman–Crippen MR) is 152 cm³/mol. The summed E-state index contributed by atoms with van der Waals surface area (Å²) in [6.07, 6.45) is 9.75. The van der Waals surface area contributed by atoms with Gasteiger partial charge in [0.2, 0.25) is 0 Å². The van der Waals surface area contributed by atoms with Crippen molar-refractivity contribution in [1.29, 1.82) is 0 Å². The molecular weight excluding hydrogens is 504 g/mol. The molecule has 1 aromatic carbocycles. The van der Waals surface area contributed by atoms with Crippen LogP contribution < -0.4 is 0 Å². The van der Waals surface area contributed by atoms with Crippen molar-refractivity contribution in [2.24, 2.45) is 0 Å². The highest BCUT2D eigenvalue weighted by Crippen LogP contribution is 2.44. The van der Waals surface area contributed by atoms with Crippen LogP contribution in [0.25, 0.3) is 0 Å². The number of fused-ring (bicyclic) bond motifs is 4. The Morgan fingerprint density at radius 1 is 1.02 bits per heavy atom. The van der Waals surface area contributed by atoms with E-state index in [1.54, 1.807) is 0 Å². The summed E-state index contributed by atoms with van der Waals surface area (Å²) in [5.74, 6) is 0.621. The monoisotopic (exact) mass is 548 g/mol. The third-order valence-corrected chi connectivity index (χ3v) is 10.2. The standard InChI is InChI=1S/C32H44N4O4/c1-4-39-31(38)36-25-10-6-7-11-27(36)19-26(14-13-25)34-17-15-32(16-18-34)21-35(20-24-9-5-8-12-28(24)32)30(37)29-22(2)33-40-23(29)3/h5,8-9,12,25-27H,4,6-7,10-11,13-21H2,1-3H3. The minimum atomic E-state index is -0.112. The van der Waals surface area contributed by atoms with Gasteiger partial charge in [0, 0.05) is 36.6 Å². The predicted octanol–water partition coefficient (Wildman–Crippen LogP) is 5.60. The van der Waals surface area contributed by atoms with Gasteiger partial charge in [-0.1, -0.05) is 42.3 Å². The molecule has 1 spiro atoms. The molecule has 4 aliphatic rings. The van der Waals surface area contributed by atoms with Crippen molar-refractivity contribution in [1.82, 2.24) is 19.9 Å². The van der Waals surface area contributed by atoms with Gasteiger partial charge >= 0.3 is 6.09 Å². The first kappa shape index (κ1) is 27.3. The second-order valence-electron chi connectivity index (χ2n) is 12.5. The number of rotatable bonds is 3. The Hall–Kier alpha value is -2.87. The number of piperidine rings is 1. The van der Waals surface area contributed by atoms with Crippen LogP contribution in [0.5, 0.6) is 0 Å². The van der Waals surface area contributed by atoms with E-state index in [1.165, 1.54) is 24.0 Å². The first-order valence-electron chi connectivity index (χ1n) is 15.4. The highest BCUT2D eigenvalue weighted by Gasteiger charge is 2.46. The molecule has 2 bridgehead atoms. The summed E-state index contributed by atoms with van der Waals surface area (Å²) in [6.45, 7) is 9.40. The van der Waals surface area contributed by atoms with E-state index in [-0.39, 0.29) is 23.5 Å². The van der Waals surface area contributed by atoms with Crippen LogP contribution in [-0.4, -0.2) is 76.2 Å². The summed E-state index contributed by atoms with van der Waals surface area (Å²) in [4.78, 5) is 33.6. The van der Waals surface area contributed by atoms with Crippen LogP contribution in [-0.2, 0) is 16.7 Å². The van der Waals surface area contributed by atoms with Crippen LogP contribution in [0.3, 0.4) is 0 Å². The van der Waals surface area contributed by atoms with Gasteiger partial charge in [-0.25, -0.2) is 4.79 Å². The van der Waals surface area contributed by atoms with Crippen molar-refractivity contribution < 1.29 is 18.8 Å². The van der Waals surface area contributed by atoms with E-state index in [0.717, 1.165) is 64.6 Å². The molecule has 40 heavy (non-hydrogen) atoms. The summed E-state index contributed by atoms with van der Waals surface area (Å²) in [5.41, 5.74) is 3.90. The maximum atomic E-state index is 13.7. The van der Waals surface area contributed by atoms with Crippen LogP contribution in [0.1, 0.15) is 97.7 Å². The van der Waals surface area contributed by atoms with Crippen molar-refractivity contribution >= 4 is 12.0 Å². The molecule has 8 heteroatoms. The topological polar surface area (TPSA) is 79.1 Å². The van der Waals surface area contributed by atoms with Gasteiger partial charge in [-0.3, -0.25) is 4.79 Å². The minimum Gasteiger partial charge on any atom is -0.450 e. The molecule has 216 valence electrons. The Morgan fingerprint density at radius 2 is 1.75 bits per heavy atom. The molecule has 3 unspecified atom stereocenters. The summed E-state index contributed by atoms with van der Waals surface area (Å²) in [5, 5.41) is 4.04. The smallest absolute Gasteiger partial charge is 0.410 e. The van der Waals surface area contributed by atoms with Gasteiger partial charge in [-0.15, -0.1) is 0 Å². The molecule has 3 fully saturated rings. The molecule has 2 aromatic rings. The first-order valence-corrected chi connectivity index (χ1v) is 15.4. The average Bonchev–Trinajstić information content (AvgIpc) is 3.10. The lowest BCUT2D eigenvalue weighted by Crippen LogP contribution is -2.55.